The molecular weight excluding hydrogens is 291 g/mol. The van der Waals surface area contributed by atoms with E-state index in [9.17, 15) is 4.39 Å². The van der Waals surface area contributed by atoms with E-state index < -0.39 is 0 Å². The highest BCUT2D eigenvalue weighted by Crippen LogP contribution is 2.15. The number of benzene rings is 1. The molecule has 0 aliphatic carbocycles. The molecule has 0 radical (unpaired) electrons. The van der Waals surface area contributed by atoms with E-state index in [-0.39, 0.29) is 5.82 Å². The van der Waals surface area contributed by atoms with Crippen LogP contribution >= 0.6 is 11.5 Å². The molecule has 7 heteroatoms. The van der Waals surface area contributed by atoms with E-state index in [0.29, 0.717) is 36.2 Å². The minimum absolute atomic E-state index is 0.180. The van der Waals surface area contributed by atoms with Gasteiger partial charge in [-0.1, -0.05) is 12.1 Å². The molecule has 1 N–H and O–H groups in total. The average molecular weight is 310 g/mol. The first-order valence-electron chi connectivity index (χ1n) is 6.56. The summed E-state index contributed by atoms with van der Waals surface area (Å²) in [7, 11) is 5.44. The summed E-state index contributed by atoms with van der Waals surface area (Å²) in [5.74, 6) is 0.470. The molecule has 5 nitrogen and oxygen atoms in total. The van der Waals surface area contributed by atoms with Gasteiger partial charge in [0.2, 0.25) is 5.13 Å². The molecule has 21 heavy (non-hydrogen) atoms. The van der Waals surface area contributed by atoms with Crippen LogP contribution in [0.25, 0.3) is 0 Å². The Morgan fingerprint density at radius 2 is 2.19 bits per heavy atom. The van der Waals surface area contributed by atoms with Crippen LogP contribution in [0.1, 0.15) is 17.0 Å². The van der Waals surface area contributed by atoms with Crippen LogP contribution in [0, 0.1) is 5.82 Å². The summed E-state index contributed by atoms with van der Waals surface area (Å²) in [5.41, 5.74) is 1.57. The van der Waals surface area contributed by atoms with Crippen LogP contribution in [-0.4, -0.2) is 35.5 Å². The maximum Gasteiger partial charge on any atom is 0.202 e. The third-order valence-corrected chi connectivity index (χ3v) is 3.50. The molecule has 0 atom stereocenters. The quantitative estimate of drug-likeness (QED) is 0.851. The van der Waals surface area contributed by atoms with Crippen LogP contribution in [0.4, 0.5) is 9.52 Å². The third kappa shape index (κ3) is 4.73. The summed E-state index contributed by atoms with van der Waals surface area (Å²) in [4.78, 5) is 6.20. The second-order valence-corrected chi connectivity index (χ2v) is 5.72. The van der Waals surface area contributed by atoms with Gasteiger partial charge in [0.1, 0.15) is 12.4 Å². The van der Waals surface area contributed by atoms with Gasteiger partial charge < -0.3 is 15.0 Å². The Balaban J connectivity index is 1.94. The van der Waals surface area contributed by atoms with Crippen molar-refractivity contribution in [2.45, 2.75) is 19.7 Å². The van der Waals surface area contributed by atoms with Crippen LogP contribution in [0.3, 0.4) is 0 Å². The number of halogens is 1. The van der Waals surface area contributed by atoms with E-state index in [4.69, 9.17) is 4.74 Å². The Bertz CT molecular complexity index is 588. The predicted molar refractivity (Wildman–Crippen MR) is 81.7 cm³/mol. The second kappa shape index (κ2) is 7.44. The van der Waals surface area contributed by atoms with Crippen LogP contribution in [-0.2, 0) is 24.4 Å². The van der Waals surface area contributed by atoms with Crippen molar-refractivity contribution in [3.63, 3.8) is 0 Å². The normalized spacial score (nSPS) is 11.1. The Morgan fingerprint density at radius 1 is 1.38 bits per heavy atom. The molecule has 0 saturated carbocycles. The Kier molecular flexibility index (Phi) is 5.60. The first kappa shape index (κ1) is 15.8. The molecular formula is C14H19FN4OS. The number of rotatable bonds is 7. The van der Waals surface area contributed by atoms with Crippen LogP contribution in [0.5, 0.6) is 0 Å². The maximum absolute atomic E-state index is 13.9. The molecule has 1 aromatic carbocycles. The first-order valence-corrected chi connectivity index (χ1v) is 7.33. The first-order chi connectivity index (χ1) is 10.1. The Morgan fingerprint density at radius 3 is 2.86 bits per heavy atom. The van der Waals surface area contributed by atoms with Crippen molar-refractivity contribution in [3.8, 4) is 0 Å². The largest absolute Gasteiger partial charge is 0.377 e. The highest BCUT2D eigenvalue weighted by atomic mass is 32.1. The van der Waals surface area contributed by atoms with Gasteiger partial charge in [0.15, 0.2) is 5.82 Å². The lowest BCUT2D eigenvalue weighted by molar-refractivity contribution is 0.179. The van der Waals surface area contributed by atoms with Gasteiger partial charge in [-0.15, -0.1) is 0 Å². The lowest BCUT2D eigenvalue weighted by atomic mass is 10.1. The lowest BCUT2D eigenvalue weighted by Crippen LogP contribution is -2.12. The van der Waals surface area contributed by atoms with Crippen molar-refractivity contribution in [2.75, 3.05) is 26.5 Å². The fourth-order valence-corrected chi connectivity index (χ4v) is 2.43. The molecule has 0 spiro atoms. The molecule has 0 aliphatic heterocycles. The van der Waals surface area contributed by atoms with E-state index in [1.165, 1.54) is 11.5 Å². The zero-order valence-electron chi connectivity index (χ0n) is 12.4. The molecule has 2 aromatic rings. The molecule has 0 amide bonds. The minimum atomic E-state index is -0.180. The molecule has 114 valence electrons. The number of nitrogens with one attached hydrogen (secondary N) is 1. The summed E-state index contributed by atoms with van der Waals surface area (Å²) in [6.07, 6.45) is 0. The number of anilines is 1. The Hall–Kier alpha value is -1.57. The fourth-order valence-electron chi connectivity index (χ4n) is 1.86. The van der Waals surface area contributed by atoms with Crippen molar-refractivity contribution >= 4 is 16.7 Å². The average Bonchev–Trinajstić information content (AvgIpc) is 2.87. The third-order valence-electron chi connectivity index (χ3n) is 2.79. The second-order valence-electron chi connectivity index (χ2n) is 4.97. The van der Waals surface area contributed by atoms with E-state index in [1.54, 1.807) is 13.2 Å². The van der Waals surface area contributed by atoms with Crippen LogP contribution in [0.15, 0.2) is 18.2 Å². The predicted octanol–water partition coefficient (Wildman–Crippen LogP) is 2.50. The zero-order chi connectivity index (χ0) is 15.2. The Labute approximate surface area is 127 Å². The minimum Gasteiger partial charge on any atom is -0.377 e. The van der Waals surface area contributed by atoms with E-state index in [1.807, 2.05) is 31.1 Å². The van der Waals surface area contributed by atoms with Gasteiger partial charge in [-0.05, 0) is 25.7 Å². The number of hydrogen-bond acceptors (Lipinski definition) is 6. The zero-order valence-corrected chi connectivity index (χ0v) is 13.2. The summed E-state index contributed by atoms with van der Waals surface area (Å²) in [5, 5.41) is 3.85. The van der Waals surface area contributed by atoms with E-state index in [0.717, 1.165) is 5.56 Å². The number of hydrogen-bond donors (Lipinski definition) is 1. The molecule has 2 rings (SSSR count). The van der Waals surface area contributed by atoms with Gasteiger partial charge in [0, 0.05) is 37.3 Å². The number of methoxy groups -OCH3 is 1. The number of ether oxygens (including phenoxy) is 1. The highest BCUT2D eigenvalue weighted by Gasteiger charge is 2.06. The summed E-state index contributed by atoms with van der Waals surface area (Å²) in [6, 6.07) is 5.30. The van der Waals surface area contributed by atoms with Crippen molar-refractivity contribution in [1.82, 2.24) is 14.3 Å². The van der Waals surface area contributed by atoms with Gasteiger partial charge in [-0.25, -0.2) is 9.37 Å². The van der Waals surface area contributed by atoms with Gasteiger partial charge in [0.05, 0.1) is 0 Å². The number of nitrogens with zero attached hydrogens (tertiary/aromatic N) is 3. The summed E-state index contributed by atoms with van der Waals surface area (Å²) < 4.78 is 23.1. The molecule has 0 fully saturated rings. The maximum atomic E-state index is 13.9. The van der Waals surface area contributed by atoms with E-state index in [2.05, 4.69) is 14.7 Å². The van der Waals surface area contributed by atoms with Crippen molar-refractivity contribution < 1.29 is 9.13 Å². The lowest BCUT2D eigenvalue weighted by Gasteiger charge is -2.11. The monoisotopic (exact) mass is 310 g/mol. The van der Waals surface area contributed by atoms with Crippen molar-refractivity contribution in [1.29, 1.82) is 0 Å². The summed E-state index contributed by atoms with van der Waals surface area (Å²) in [6.45, 7) is 1.50. The van der Waals surface area contributed by atoms with Gasteiger partial charge in [-0.2, -0.15) is 4.37 Å². The van der Waals surface area contributed by atoms with Crippen molar-refractivity contribution in [3.05, 3.63) is 41.0 Å². The topological polar surface area (TPSA) is 50.3 Å². The van der Waals surface area contributed by atoms with Crippen molar-refractivity contribution in [2.24, 2.45) is 0 Å². The van der Waals surface area contributed by atoms with Gasteiger partial charge in [-0.3, -0.25) is 0 Å². The summed E-state index contributed by atoms with van der Waals surface area (Å²) >= 11 is 1.27. The number of aromatic nitrogens is 2. The molecule has 0 bridgehead atoms. The molecule has 0 aliphatic rings. The fraction of sp³-hybridized carbons (Fsp3) is 0.429. The van der Waals surface area contributed by atoms with Gasteiger partial charge in [0.25, 0.3) is 0 Å². The molecule has 0 unspecified atom stereocenters. The smallest absolute Gasteiger partial charge is 0.202 e. The standard InChI is InChI=1S/C14H19FN4OS/c1-19(2)8-11-5-4-10(6-12(11)15)7-16-14-17-13(9-20-3)18-21-14/h4-6H,7-9H2,1-3H3,(H,16,17,18). The molecule has 0 saturated heterocycles. The van der Waals surface area contributed by atoms with Gasteiger partial charge >= 0.3 is 0 Å². The highest BCUT2D eigenvalue weighted by molar-refractivity contribution is 7.09. The van der Waals surface area contributed by atoms with E-state index >= 15 is 0 Å². The van der Waals surface area contributed by atoms with Crippen LogP contribution < -0.4 is 5.32 Å². The molecule has 1 heterocycles. The molecule has 1 aromatic heterocycles. The van der Waals surface area contributed by atoms with Crippen LogP contribution in [0.2, 0.25) is 0 Å². The SMILES string of the molecule is COCc1nsc(NCc2ccc(CN(C)C)c(F)c2)n1.